The first-order valence-electron chi connectivity index (χ1n) is 6.45. The second-order valence-corrected chi connectivity index (χ2v) is 8.56. The second kappa shape index (κ2) is 5.61. The van der Waals surface area contributed by atoms with Crippen LogP contribution in [-0.2, 0) is 20.0 Å². The van der Waals surface area contributed by atoms with Crippen molar-refractivity contribution in [3.8, 4) is 0 Å². The number of nitrogens with one attached hydrogen (secondary N) is 1. The van der Waals surface area contributed by atoms with Crippen LogP contribution in [0.2, 0.25) is 0 Å². The summed E-state index contributed by atoms with van der Waals surface area (Å²) in [5.41, 5.74) is 1.01. The number of rotatable bonds is 5. The third-order valence-electron chi connectivity index (χ3n) is 3.00. The zero-order valence-corrected chi connectivity index (χ0v) is 12.9. The predicted molar refractivity (Wildman–Crippen MR) is 79.9 cm³/mol. The Morgan fingerprint density at radius 1 is 1.25 bits per heavy atom. The molecule has 8 heteroatoms. The number of hydrogen-bond donors (Lipinski definition) is 1. The van der Waals surface area contributed by atoms with Gasteiger partial charge in [0.15, 0.2) is 0 Å². The molecule has 0 spiro atoms. The molecule has 0 atom stereocenters. The number of benzene rings is 1. The van der Waals surface area contributed by atoms with Crippen LogP contribution < -0.4 is 9.03 Å². The molecule has 2 rings (SSSR count). The van der Waals surface area contributed by atoms with Crippen molar-refractivity contribution in [1.82, 2.24) is 0 Å². The van der Waals surface area contributed by atoms with E-state index in [1.807, 2.05) is 0 Å². The van der Waals surface area contributed by atoms with E-state index in [4.69, 9.17) is 0 Å². The number of hydrogen-bond acceptors (Lipinski definition) is 4. The topological polar surface area (TPSA) is 83.6 Å². The van der Waals surface area contributed by atoms with E-state index in [-0.39, 0.29) is 11.5 Å². The lowest BCUT2D eigenvalue weighted by Gasteiger charge is -2.17. The highest BCUT2D eigenvalue weighted by Gasteiger charge is 2.28. The summed E-state index contributed by atoms with van der Waals surface area (Å²) in [5, 5.41) is 0. The second-order valence-electron chi connectivity index (χ2n) is 4.71. The molecule has 1 heterocycles. The quantitative estimate of drug-likeness (QED) is 0.889. The molecule has 1 aliphatic rings. The van der Waals surface area contributed by atoms with E-state index < -0.39 is 20.0 Å². The Kier molecular flexibility index (Phi) is 4.24. The lowest BCUT2D eigenvalue weighted by Crippen LogP contribution is -2.25. The van der Waals surface area contributed by atoms with Crippen LogP contribution in [0.5, 0.6) is 0 Å². The van der Waals surface area contributed by atoms with Crippen LogP contribution >= 0.6 is 0 Å². The first-order valence-corrected chi connectivity index (χ1v) is 9.71. The molecule has 0 amide bonds. The molecule has 20 heavy (non-hydrogen) atoms. The Hall–Kier alpha value is -1.28. The van der Waals surface area contributed by atoms with Gasteiger partial charge in [-0.3, -0.25) is 9.03 Å². The van der Waals surface area contributed by atoms with Crippen molar-refractivity contribution in [2.45, 2.75) is 19.8 Å². The normalized spacial score (nSPS) is 18.1. The van der Waals surface area contributed by atoms with Crippen LogP contribution in [0.3, 0.4) is 0 Å². The lowest BCUT2D eigenvalue weighted by atomic mass is 10.3. The third kappa shape index (κ3) is 3.43. The van der Waals surface area contributed by atoms with Gasteiger partial charge in [-0.2, -0.15) is 0 Å². The molecule has 0 aliphatic carbocycles. The smallest absolute Gasteiger partial charge is 0.235 e. The monoisotopic (exact) mass is 318 g/mol. The number of nitrogens with zero attached hydrogens (tertiary/aromatic N) is 1. The Labute approximate surface area is 119 Å². The van der Waals surface area contributed by atoms with Crippen LogP contribution in [0, 0.1) is 0 Å². The molecule has 1 fully saturated rings. The van der Waals surface area contributed by atoms with E-state index in [2.05, 4.69) is 4.72 Å². The van der Waals surface area contributed by atoms with Gasteiger partial charge >= 0.3 is 0 Å². The number of sulfonamides is 2. The van der Waals surface area contributed by atoms with Gasteiger partial charge in [0.2, 0.25) is 20.0 Å². The molecule has 1 saturated heterocycles. The van der Waals surface area contributed by atoms with Crippen molar-refractivity contribution in [2.75, 3.05) is 27.1 Å². The molecular weight excluding hydrogens is 300 g/mol. The minimum atomic E-state index is -3.32. The molecule has 1 aromatic rings. The van der Waals surface area contributed by atoms with Gasteiger partial charge in [0.1, 0.15) is 0 Å². The van der Waals surface area contributed by atoms with Crippen LogP contribution in [0.1, 0.15) is 19.8 Å². The first-order chi connectivity index (χ1) is 9.34. The van der Waals surface area contributed by atoms with Crippen molar-refractivity contribution in [1.29, 1.82) is 0 Å². The van der Waals surface area contributed by atoms with Crippen LogP contribution in [-0.4, -0.2) is 34.9 Å². The van der Waals surface area contributed by atoms with Crippen molar-refractivity contribution < 1.29 is 16.8 Å². The molecule has 6 nitrogen and oxygen atoms in total. The maximum Gasteiger partial charge on any atom is 0.235 e. The zero-order chi connectivity index (χ0) is 14.8. The SMILES string of the molecule is CCCS(=O)(=O)Nc1ccc(N2CCCS2(=O)=O)cc1. The highest BCUT2D eigenvalue weighted by atomic mass is 32.2. The van der Waals surface area contributed by atoms with Gasteiger partial charge in [-0.25, -0.2) is 16.8 Å². The van der Waals surface area contributed by atoms with Gasteiger partial charge in [-0.05, 0) is 37.1 Å². The summed E-state index contributed by atoms with van der Waals surface area (Å²) in [4.78, 5) is 0. The van der Waals surface area contributed by atoms with E-state index >= 15 is 0 Å². The maximum absolute atomic E-state index is 11.8. The average Bonchev–Trinajstić information content (AvgIpc) is 2.69. The van der Waals surface area contributed by atoms with Crippen molar-refractivity contribution in [2.24, 2.45) is 0 Å². The standard InChI is InChI=1S/C12H18N2O4S2/c1-2-9-19(15,16)13-11-4-6-12(7-5-11)14-8-3-10-20(14,17)18/h4-7,13H,2-3,8-10H2,1H3. The van der Waals surface area contributed by atoms with Crippen molar-refractivity contribution in [3.05, 3.63) is 24.3 Å². The van der Waals surface area contributed by atoms with Gasteiger partial charge in [-0.15, -0.1) is 0 Å². The van der Waals surface area contributed by atoms with E-state index in [0.717, 1.165) is 0 Å². The van der Waals surface area contributed by atoms with Crippen molar-refractivity contribution in [3.63, 3.8) is 0 Å². The van der Waals surface area contributed by atoms with Crippen LogP contribution in [0.15, 0.2) is 24.3 Å². The first kappa shape index (κ1) is 15.1. The molecule has 0 aromatic heterocycles. The van der Waals surface area contributed by atoms with E-state index in [1.165, 1.54) is 4.31 Å². The lowest BCUT2D eigenvalue weighted by molar-refractivity contribution is 0.598. The molecule has 112 valence electrons. The molecule has 1 aromatic carbocycles. The number of anilines is 2. The van der Waals surface area contributed by atoms with Gasteiger partial charge in [0.05, 0.1) is 17.2 Å². The summed E-state index contributed by atoms with van der Waals surface area (Å²) in [7, 11) is -6.52. The fraction of sp³-hybridized carbons (Fsp3) is 0.500. The predicted octanol–water partition coefficient (Wildman–Crippen LogP) is 1.38. The molecular formula is C12H18N2O4S2. The Morgan fingerprint density at radius 2 is 1.90 bits per heavy atom. The molecule has 1 aliphatic heterocycles. The van der Waals surface area contributed by atoms with Gasteiger partial charge < -0.3 is 0 Å². The van der Waals surface area contributed by atoms with Crippen molar-refractivity contribution >= 4 is 31.4 Å². The molecule has 1 N–H and O–H groups in total. The van der Waals surface area contributed by atoms with E-state index in [0.29, 0.717) is 30.8 Å². The fourth-order valence-corrected chi connectivity index (χ4v) is 4.82. The highest BCUT2D eigenvalue weighted by molar-refractivity contribution is 7.93. The molecule has 0 saturated carbocycles. The Bertz CT molecular complexity index is 666. The van der Waals surface area contributed by atoms with Crippen LogP contribution in [0.4, 0.5) is 11.4 Å². The summed E-state index contributed by atoms with van der Waals surface area (Å²) >= 11 is 0. The summed E-state index contributed by atoms with van der Waals surface area (Å²) in [5.74, 6) is 0.229. The van der Waals surface area contributed by atoms with E-state index in [9.17, 15) is 16.8 Å². The summed E-state index contributed by atoms with van der Waals surface area (Å²) in [6.45, 7) is 2.27. The fourth-order valence-electron chi connectivity index (χ4n) is 2.12. The highest BCUT2D eigenvalue weighted by Crippen LogP contribution is 2.25. The van der Waals surface area contributed by atoms with Gasteiger partial charge in [0.25, 0.3) is 0 Å². The van der Waals surface area contributed by atoms with Gasteiger partial charge in [-0.1, -0.05) is 6.92 Å². The van der Waals surface area contributed by atoms with E-state index in [1.54, 1.807) is 31.2 Å². The summed E-state index contributed by atoms with van der Waals surface area (Å²) < 4.78 is 50.6. The molecule has 0 bridgehead atoms. The Balaban J connectivity index is 2.15. The van der Waals surface area contributed by atoms with Crippen LogP contribution in [0.25, 0.3) is 0 Å². The Morgan fingerprint density at radius 3 is 2.40 bits per heavy atom. The summed E-state index contributed by atoms with van der Waals surface area (Å²) in [6, 6.07) is 6.39. The molecule has 0 radical (unpaired) electrons. The molecule has 0 unspecified atom stereocenters. The summed E-state index contributed by atoms with van der Waals surface area (Å²) in [6.07, 6.45) is 1.16. The third-order valence-corrected chi connectivity index (χ3v) is 6.36. The average molecular weight is 318 g/mol. The largest absolute Gasteiger partial charge is 0.284 e. The van der Waals surface area contributed by atoms with Gasteiger partial charge in [0, 0.05) is 12.2 Å². The zero-order valence-electron chi connectivity index (χ0n) is 11.2. The minimum absolute atomic E-state index is 0.0647. The maximum atomic E-state index is 11.8. The minimum Gasteiger partial charge on any atom is -0.284 e.